The van der Waals surface area contributed by atoms with Gasteiger partial charge in [0.2, 0.25) is 0 Å². The molecule has 2 unspecified atom stereocenters. The quantitative estimate of drug-likeness (QED) is 0.905. The minimum Gasteiger partial charge on any atom is -0.381 e. The van der Waals surface area contributed by atoms with Crippen molar-refractivity contribution in [3.8, 4) is 6.07 Å². The third kappa shape index (κ3) is 3.21. The van der Waals surface area contributed by atoms with Gasteiger partial charge >= 0.3 is 6.18 Å². The molecule has 1 aromatic carbocycles. The summed E-state index contributed by atoms with van der Waals surface area (Å²) in [7, 11) is 0. The number of hydrogen-bond donors (Lipinski definition) is 1. The van der Waals surface area contributed by atoms with E-state index in [1.807, 2.05) is 6.26 Å². The van der Waals surface area contributed by atoms with Crippen molar-refractivity contribution < 1.29 is 13.2 Å². The van der Waals surface area contributed by atoms with Crippen molar-refractivity contribution in [1.29, 1.82) is 5.26 Å². The smallest absolute Gasteiger partial charge is 0.381 e. The second-order valence-corrected chi connectivity index (χ2v) is 5.90. The Morgan fingerprint density at radius 1 is 1.35 bits per heavy atom. The number of nitrogens with zero attached hydrogens (tertiary/aromatic N) is 1. The van der Waals surface area contributed by atoms with Crippen LogP contribution in [0.25, 0.3) is 0 Å². The Hall–Kier alpha value is -1.35. The summed E-state index contributed by atoms with van der Waals surface area (Å²) in [5, 5.41) is 12.4. The van der Waals surface area contributed by atoms with Gasteiger partial charge in [-0.2, -0.15) is 30.2 Å². The summed E-state index contributed by atoms with van der Waals surface area (Å²) in [5.41, 5.74) is -0.776. The van der Waals surface area contributed by atoms with Crippen LogP contribution in [0.3, 0.4) is 0 Å². The van der Waals surface area contributed by atoms with Crippen LogP contribution in [-0.4, -0.2) is 17.5 Å². The third-order valence-electron chi connectivity index (χ3n) is 3.55. The molecule has 1 aliphatic rings. The van der Waals surface area contributed by atoms with Gasteiger partial charge in [0.15, 0.2) is 0 Å². The fourth-order valence-electron chi connectivity index (χ4n) is 2.55. The molecule has 6 heteroatoms. The van der Waals surface area contributed by atoms with Crippen LogP contribution in [0, 0.1) is 11.3 Å². The van der Waals surface area contributed by atoms with Crippen molar-refractivity contribution in [2.75, 3.05) is 11.6 Å². The molecule has 1 aliphatic carbocycles. The molecule has 1 fully saturated rings. The van der Waals surface area contributed by atoms with Crippen molar-refractivity contribution in [2.24, 2.45) is 0 Å². The second kappa shape index (κ2) is 5.96. The van der Waals surface area contributed by atoms with Crippen molar-refractivity contribution in [3.63, 3.8) is 0 Å². The zero-order valence-electron chi connectivity index (χ0n) is 11.0. The minimum absolute atomic E-state index is 0.194. The van der Waals surface area contributed by atoms with Crippen LogP contribution in [0.2, 0.25) is 0 Å². The summed E-state index contributed by atoms with van der Waals surface area (Å²) in [6.45, 7) is 0. The van der Waals surface area contributed by atoms with E-state index in [4.69, 9.17) is 5.26 Å². The molecule has 0 radical (unpaired) electrons. The first-order valence-corrected chi connectivity index (χ1v) is 7.65. The number of benzene rings is 1. The highest BCUT2D eigenvalue weighted by molar-refractivity contribution is 7.99. The molecule has 0 aliphatic heterocycles. The Labute approximate surface area is 120 Å². The van der Waals surface area contributed by atoms with E-state index < -0.39 is 11.7 Å². The van der Waals surface area contributed by atoms with Crippen molar-refractivity contribution in [1.82, 2.24) is 0 Å². The molecule has 0 aromatic heterocycles. The number of hydrogen-bond acceptors (Lipinski definition) is 3. The number of rotatable bonds is 3. The SMILES string of the molecule is CSC1CCCC1Nc1ccc(C#N)c(C(F)(F)F)c1. The van der Waals surface area contributed by atoms with Gasteiger partial charge in [-0.15, -0.1) is 0 Å². The second-order valence-electron chi connectivity index (χ2n) is 4.83. The first-order chi connectivity index (χ1) is 9.45. The Kier molecular flexibility index (Phi) is 4.48. The Morgan fingerprint density at radius 2 is 2.10 bits per heavy atom. The van der Waals surface area contributed by atoms with Gasteiger partial charge in [-0.25, -0.2) is 0 Å². The number of anilines is 1. The highest BCUT2D eigenvalue weighted by Crippen LogP contribution is 2.35. The van der Waals surface area contributed by atoms with E-state index in [2.05, 4.69) is 5.32 Å². The molecule has 0 bridgehead atoms. The lowest BCUT2D eigenvalue weighted by atomic mass is 10.1. The lowest BCUT2D eigenvalue weighted by molar-refractivity contribution is -0.137. The summed E-state index contributed by atoms with van der Waals surface area (Å²) < 4.78 is 38.7. The molecule has 2 rings (SSSR count). The zero-order valence-corrected chi connectivity index (χ0v) is 11.8. The zero-order chi connectivity index (χ0) is 14.8. The van der Waals surface area contributed by atoms with Gasteiger partial charge < -0.3 is 5.32 Å². The van der Waals surface area contributed by atoms with E-state index >= 15 is 0 Å². The first kappa shape index (κ1) is 15.0. The predicted octanol–water partition coefficient (Wildman–Crippen LogP) is 4.27. The Morgan fingerprint density at radius 3 is 2.70 bits per heavy atom. The van der Waals surface area contributed by atoms with Crippen molar-refractivity contribution in [2.45, 2.75) is 36.7 Å². The molecule has 0 amide bonds. The molecular formula is C14H15F3N2S. The van der Waals surface area contributed by atoms with Gasteiger partial charge in [-0.1, -0.05) is 6.42 Å². The maximum atomic E-state index is 12.9. The summed E-state index contributed by atoms with van der Waals surface area (Å²) >= 11 is 1.74. The minimum atomic E-state index is -4.50. The van der Waals surface area contributed by atoms with E-state index in [0.29, 0.717) is 10.9 Å². The lowest BCUT2D eigenvalue weighted by Crippen LogP contribution is -2.26. The van der Waals surface area contributed by atoms with Crippen LogP contribution in [-0.2, 0) is 6.18 Å². The molecule has 0 spiro atoms. The standard InChI is InChI=1S/C14H15F3N2S/c1-20-13-4-2-3-12(13)19-10-6-5-9(8-18)11(7-10)14(15,16)17/h5-7,12-13,19H,2-4H2,1H3. The molecule has 1 aromatic rings. The summed E-state index contributed by atoms with van der Waals surface area (Å²) in [6.07, 6.45) is 0.654. The number of nitrogens with one attached hydrogen (secondary N) is 1. The number of halogens is 3. The normalized spacial score (nSPS) is 22.6. The number of nitriles is 1. The van der Waals surface area contributed by atoms with Crippen LogP contribution < -0.4 is 5.32 Å². The van der Waals surface area contributed by atoms with E-state index in [1.54, 1.807) is 23.9 Å². The molecule has 108 valence electrons. The maximum Gasteiger partial charge on any atom is 0.417 e. The van der Waals surface area contributed by atoms with E-state index in [1.165, 1.54) is 6.07 Å². The highest BCUT2D eigenvalue weighted by atomic mass is 32.2. The van der Waals surface area contributed by atoms with Crippen LogP contribution in [0.5, 0.6) is 0 Å². The van der Waals surface area contributed by atoms with E-state index in [9.17, 15) is 13.2 Å². The highest BCUT2D eigenvalue weighted by Gasteiger charge is 2.34. The van der Waals surface area contributed by atoms with Gasteiger partial charge in [-0.05, 0) is 37.3 Å². The molecule has 1 N–H and O–H groups in total. The average Bonchev–Trinajstić information content (AvgIpc) is 2.85. The molecular weight excluding hydrogens is 285 g/mol. The van der Waals surface area contributed by atoms with Gasteiger partial charge in [0.1, 0.15) is 0 Å². The van der Waals surface area contributed by atoms with Gasteiger partial charge in [-0.3, -0.25) is 0 Å². The Bertz CT molecular complexity index is 522. The molecule has 0 heterocycles. The van der Waals surface area contributed by atoms with Gasteiger partial charge in [0.25, 0.3) is 0 Å². The molecule has 2 atom stereocenters. The maximum absolute atomic E-state index is 12.9. The van der Waals surface area contributed by atoms with E-state index in [0.717, 1.165) is 25.3 Å². The van der Waals surface area contributed by atoms with Crippen LogP contribution in [0.15, 0.2) is 18.2 Å². The van der Waals surface area contributed by atoms with Crippen LogP contribution in [0.1, 0.15) is 30.4 Å². The summed E-state index contributed by atoms with van der Waals surface area (Å²) in [5.74, 6) is 0. The van der Waals surface area contributed by atoms with Crippen LogP contribution >= 0.6 is 11.8 Å². The average molecular weight is 300 g/mol. The van der Waals surface area contributed by atoms with Crippen LogP contribution in [0.4, 0.5) is 18.9 Å². The molecule has 2 nitrogen and oxygen atoms in total. The summed E-state index contributed by atoms with van der Waals surface area (Å²) in [6, 6.07) is 5.60. The molecule has 20 heavy (non-hydrogen) atoms. The summed E-state index contributed by atoms with van der Waals surface area (Å²) in [4.78, 5) is 0. The number of thioether (sulfide) groups is 1. The number of alkyl halides is 3. The van der Waals surface area contributed by atoms with E-state index in [-0.39, 0.29) is 11.6 Å². The third-order valence-corrected chi connectivity index (χ3v) is 4.72. The lowest BCUT2D eigenvalue weighted by Gasteiger charge is -2.21. The monoisotopic (exact) mass is 300 g/mol. The molecule has 1 saturated carbocycles. The fourth-order valence-corrected chi connectivity index (χ4v) is 3.49. The fraction of sp³-hybridized carbons (Fsp3) is 0.500. The van der Waals surface area contributed by atoms with Crippen molar-refractivity contribution in [3.05, 3.63) is 29.3 Å². The largest absolute Gasteiger partial charge is 0.417 e. The predicted molar refractivity (Wildman–Crippen MR) is 74.7 cm³/mol. The topological polar surface area (TPSA) is 35.8 Å². The first-order valence-electron chi connectivity index (χ1n) is 6.36. The van der Waals surface area contributed by atoms with Gasteiger partial charge in [0, 0.05) is 17.0 Å². The Balaban J connectivity index is 2.24. The molecule has 0 saturated heterocycles. The van der Waals surface area contributed by atoms with Gasteiger partial charge in [0.05, 0.1) is 17.2 Å². The van der Waals surface area contributed by atoms with Crippen molar-refractivity contribution >= 4 is 17.4 Å².